The van der Waals surface area contributed by atoms with E-state index >= 15 is 0 Å². The number of carbonyl (C=O) groups is 1. The van der Waals surface area contributed by atoms with Crippen LogP contribution in [0.15, 0.2) is 30.5 Å². The molecule has 1 aliphatic rings. The highest BCUT2D eigenvalue weighted by Crippen LogP contribution is 2.23. The second-order valence-electron chi connectivity index (χ2n) is 4.99. The number of nitrogens with one attached hydrogen (secondary N) is 1. The minimum Gasteiger partial charge on any atom is -0.383 e. The molecule has 2 aromatic rings. The molecule has 3 rings (SSSR count). The van der Waals surface area contributed by atoms with Crippen molar-refractivity contribution in [2.45, 2.75) is 25.4 Å². The van der Waals surface area contributed by atoms with Crippen molar-refractivity contribution >= 4 is 16.8 Å². The number of hydrogen-bond acceptors (Lipinski definition) is 2. The molecule has 0 saturated heterocycles. The molecular formula is C15H18N2O2. The van der Waals surface area contributed by atoms with Crippen LogP contribution >= 0.6 is 0 Å². The summed E-state index contributed by atoms with van der Waals surface area (Å²) in [6.07, 6.45) is 4.23. The van der Waals surface area contributed by atoms with Crippen molar-refractivity contribution in [1.29, 1.82) is 0 Å². The summed E-state index contributed by atoms with van der Waals surface area (Å²) < 4.78 is 7.22. The van der Waals surface area contributed by atoms with Gasteiger partial charge in [0.1, 0.15) is 0 Å². The Morgan fingerprint density at radius 2 is 2.26 bits per heavy atom. The van der Waals surface area contributed by atoms with Gasteiger partial charge in [0, 0.05) is 42.4 Å². The first-order chi connectivity index (χ1) is 9.29. The lowest BCUT2D eigenvalue weighted by Crippen LogP contribution is -2.25. The molecule has 0 spiro atoms. The lowest BCUT2D eigenvalue weighted by atomic mass is 10.1. The number of nitrogens with zero attached hydrogens (tertiary/aromatic N) is 1. The summed E-state index contributed by atoms with van der Waals surface area (Å²) in [7, 11) is 1.69. The van der Waals surface area contributed by atoms with Crippen LogP contribution in [0.2, 0.25) is 0 Å². The molecule has 0 atom stereocenters. The number of ether oxygens (including phenoxy) is 1. The fraction of sp³-hybridized carbons (Fsp3) is 0.400. The monoisotopic (exact) mass is 258 g/mol. The molecule has 0 bridgehead atoms. The number of rotatable bonds is 5. The van der Waals surface area contributed by atoms with E-state index in [0.717, 1.165) is 35.9 Å². The summed E-state index contributed by atoms with van der Waals surface area (Å²) in [6.45, 7) is 1.47. The van der Waals surface area contributed by atoms with Crippen LogP contribution in [0.5, 0.6) is 0 Å². The maximum absolute atomic E-state index is 12.2. The lowest BCUT2D eigenvalue weighted by Gasteiger charge is -2.07. The Labute approximate surface area is 112 Å². The highest BCUT2D eigenvalue weighted by Gasteiger charge is 2.24. The topological polar surface area (TPSA) is 43.3 Å². The van der Waals surface area contributed by atoms with Crippen molar-refractivity contribution in [3.8, 4) is 0 Å². The summed E-state index contributed by atoms with van der Waals surface area (Å²) in [4.78, 5) is 12.2. The number of aromatic nitrogens is 1. The second kappa shape index (κ2) is 5.05. The molecule has 0 radical (unpaired) electrons. The number of carbonyl (C=O) groups excluding carboxylic acids is 1. The number of methoxy groups -OCH3 is 1. The Kier molecular flexibility index (Phi) is 3.25. The maximum Gasteiger partial charge on any atom is 0.252 e. The van der Waals surface area contributed by atoms with Crippen molar-refractivity contribution in [2.24, 2.45) is 0 Å². The SMILES string of the molecule is COCCn1ccc2c(C(=O)NC3CC3)cccc21. The minimum absolute atomic E-state index is 0.0394. The third kappa shape index (κ3) is 2.49. The third-order valence-electron chi connectivity index (χ3n) is 3.51. The summed E-state index contributed by atoms with van der Waals surface area (Å²) in [6, 6.07) is 8.26. The van der Waals surface area contributed by atoms with Crippen LogP contribution in [-0.4, -0.2) is 30.2 Å². The molecule has 1 saturated carbocycles. The predicted molar refractivity (Wildman–Crippen MR) is 74.3 cm³/mol. The van der Waals surface area contributed by atoms with Gasteiger partial charge in [0.05, 0.1) is 6.61 Å². The zero-order chi connectivity index (χ0) is 13.2. The first kappa shape index (κ1) is 12.2. The number of hydrogen-bond donors (Lipinski definition) is 1. The second-order valence-corrected chi connectivity index (χ2v) is 4.99. The molecule has 100 valence electrons. The van der Waals surface area contributed by atoms with Crippen molar-refractivity contribution < 1.29 is 9.53 Å². The molecule has 0 unspecified atom stereocenters. The van der Waals surface area contributed by atoms with Gasteiger partial charge in [-0.05, 0) is 31.0 Å². The molecule has 1 aromatic heterocycles. The number of benzene rings is 1. The van der Waals surface area contributed by atoms with E-state index in [9.17, 15) is 4.79 Å². The van der Waals surface area contributed by atoms with E-state index in [4.69, 9.17) is 4.74 Å². The van der Waals surface area contributed by atoms with Crippen molar-refractivity contribution in [2.75, 3.05) is 13.7 Å². The maximum atomic E-state index is 12.2. The van der Waals surface area contributed by atoms with Gasteiger partial charge in [-0.2, -0.15) is 0 Å². The summed E-state index contributed by atoms with van der Waals surface area (Å²) in [5.74, 6) is 0.0394. The van der Waals surface area contributed by atoms with E-state index in [0.29, 0.717) is 12.6 Å². The van der Waals surface area contributed by atoms with E-state index in [1.54, 1.807) is 7.11 Å². The molecule has 4 heteroatoms. The normalized spacial score (nSPS) is 14.8. The van der Waals surface area contributed by atoms with E-state index < -0.39 is 0 Å². The Morgan fingerprint density at radius 1 is 1.42 bits per heavy atom. The van der Waals surface area contributed by atoms with E-state index in [2.05, 4.69) is 9.88 Å². The highest BCUT2D eigenvalue weighted by atomic mass is 16.5. The van der Waals surface area contributed by atoms with Gasteiger partial charge in [-0.25, -0.2) is 0 Å². The number of fused-ring (bicyclic) bond motifs is 1. The lowest BCUT2D eigenvalue weighted by molar-refractivity contribution is 0.0953. The van der Waals surface area contributed by atoms with Crippen LogP contribution in [0.1, 0.15) is 23.2 Å². The minimum atomic E-state index is 0.0394. The molecule has 1 amide bonds. The molecule has 1 N–H and O–H groups in total. The van der Waals surface area contributed by atoms with E-state index in [1.165, 1.54) is 0 Å². The first-order valence-corrected chi connectivity index (χ1v) is 6.67. The van der Waals surface area contributed by atoms with Gasteiger partial charge in [0.25, 0.3) is 5.91 Å². The van der Waals surface area contributed by atoms with Gasteiger partial charge in [0.2, 0.25) is 0 Å². The van der Waals surface area contributed by atoms with Gasteiger partial charge >= 0.3 is 0 Å². The number of amides is 1. The van der Waals surface area contributed by atoms with Gasteiger partial charge in [-0.15, -0.1) is 0 Å². The Bertz CT molecular complexity index is 599. The van der Waals surface area contributed by atoms with Crippen molar-refractivity contribution in [3.63, 3.8) is 0 Å². The fourth-order valence-corrected chi connectivity index (χ4v) is 2.30. The van der Waals surface area contributed by atoms with Crippen LogP contribution in [-0.2, 0) is 11.3 Å². The van der Waals surface area contributed by atoms with Gasteiger partial charge in [-0.1, -0.05) is 6.07 Å². The molecule has 1 aliphatic carbocycles. The van der Waals surface area contributed by atoms with Gasteiger partial charge in [-0.3, -0.25) is 4.79 Å². The van der Waals surface area contributed by atoms with Crippen LogP contribution in [0.3, 0.4) is 0 Å². The molecule has 1 heterocycles. The summed E-state index contributed by atoms with van der Waals surface area (Å²) in [5.41, 5.74) is 1.85. The molecule has 4 nitrogen and oxygen atoms in total. The van der Waals surface area contributed by atoms with Gasteiger partial charge < -0.3 is 14.6 Å². The highest BCUT2D eigenvalue weighted by molar-refractivity contribution is 6.06. The Morgan fingerprint density at radius 3 is 3.00 bits per heavy atom. The molecule has 0 aliphatic heterocycles. The van der Waals surface area contributed by atoms with Crippen LogP contribution in [0, 0.1) is 0 Å². The van der Waals surface area contributed by atoms with E-state index in [1.807, 2.05) is 30.5 Å². The van der Waals surface area contributed by atoms with Crippen molar-refractivity contribution in [3.05, 3.63) is 36.0 Å². The van der Waals surface area contributed by atoms with Gasteiger partial charge in [0.15, 0.2) is 0 Å². The zero-order valence-corrected chi connectivity index (χ0v) is 11.1. The molecular weight excluding hydrogens is 240 g/mol. The standard InChI is InChI=1S/C15H18N2O2/c1-19-10-9-17-8-7-12-13(3-2-4-14(12)17)15(18)16-11-5-6-11/h2-4,7-8,11H,5-6,9-10H2,1H3,(H,16,18). The Hall–Kier alpha value is -1.81. The smallest absolute Gasteiger partial charge is 0.252 e. The molecule has 1 fully saturated rings. The molecule has 1 aromatic carbocycles. The average molecular weight is 258 g/mol. The van der Waals surface area contributed by atoms with Crippen LogP contribution in [0.25, 0.3) is 10.9 Å². The zero-order valence-electron chi connectivity index (χ0n) is 11.1. The summed E-state index contributed by atoms with van der Waals surface area (Å²) in [5, 5.41) is 4.05. The first-order valence-electron chi connectivity index (χ1n) is 6.67. The van der Waals surface area contributed by atoms with E-state index in [-0.39, 0.29) is 5.91 Å². The third-order valence-corrected chi connectivity index (χ3v) is 3.51. The fourth-order valence-electron chi connectivity index (χ4n) is 2.30. The predicted octanol–water partition coefficient (Wildman–Crippen LogP) is 2.18. The van der Waals surface area contributed by atoms with Crippen molar-refractivity contribution in [1.82, 2.24) is 9.88 Å². The summed E-state index contributed by atoms with van der Waals surface area (Å²) >= 11 is 0. The van der Waals surface area contributed by atoms with Crippen LogP contribution < -0.4 is 5.32 Å². The Balaban J connectivity index is 1.91. The molecule has 19 heavy (non-hydrogen) atoms. The largest absolute Gasteiger partial charge is 0.383 e. The van der Waals surface area contributed by atoms with Crippen LogP contribution in [0.4, 0.5) is 0 Å². The average Bonchev–Trinajstić information content (AvgIpc) is 3.14. The quantitative estimate of drug-likeness (QED) is 0.893.